The molecule has 1 fully saturated rings. The van der Waals surface area contributed by atoms with Gasteiger partial charge in [0, 0.05) is 17.8 Å². The predicted octanol–water partition coefficient (Wildman–Crippen LogP) is 4.00. The zero-order valence-corrected chi connectivity index (χ0v) is 13.4. The topological polar surface area (TPSA) is 38.3 Å². The summed E-state index contributed by atoms with van der Waals surface area (Å²) < 4.78 is 5.51. The molecule has 0 atom stereocenters. The van der Waals surface area contributed by atoms with Crippen molar-refractivity contribution in [3.63, 3.8) is 0 Å². The molecule has 1 aromatic rings. The lowest BCUT2D eigenvalue weighted by molar-refractivity contribution is 0.0917. The Morgan fingerprint density at radius 2 is 2.00 bits per heavy atom. The van der Waals surface area contributed by atoms with E-state index in [9.17, 15) is 4.79 Å². The first-order chi connectivity index (χ1) is 10.2. The van der Waals surface area contributed by atoms with E-state index in [1.54, 1.807) is 6.07 Å². The monoisotopic (exact) mass is 309 g/mol. The van der Waals surface area contributed by atoms with Crippen LogP contribution in [-0.2, 0) is 0 Å². The number of carbonyl (C=O) groups is 1. The van der Waals surface area contributed by atoms with Crippen LogP contribution in [0.15, 0.2) is 24.3 Å². The lowest BCUT2D eigenvalue weighted by Crippen LogP contribution is -2.40. The zero-order chi connectivity index (χ0) is 15.1. The summed E-state index contributed by atoms with van der Waals surface area (Å²) in [4.78, 5) is 12.4. The van der Waals surface area contributed by atoms with Crippen molar-refractivity contribution >= 4 is 17.5 Å². The summed E-state index contributed by atoms with van der Waals surface area (Å²) in [5.74, 6) is 1.18. The number of rotatable bonds is 6. The van der Waals surface area contributed by atoms with Gasteiger partial charge < -0.3 is 10.1 Å². The molecule has 1 amide bonds. The number of benzene rings is 1. The van der Waals surface area contributed by atoms with Crippen LogP contribution in [0.4, 0.5) is 0 Å². The number of hydrogen-bond donors (Lipinski definition) is 1. The number of hydrogen-bond acceptors (Lipinski definition) is 2. The molecule has 0 bridgehead atoms. The number of carbonyl (C=O) groups excluding carboxylic acids is 1. The van der Waals surface area contributed by atoms with Crippen molar-refractivity contribution in [2.24, 2.45) is 5.41 Å². The van der Waals surface area contributed by atoms with Gasteiger partial charge in [-0.1, -0.05) is 31.4 Å². The summed E-state index contributed by atoms with van der Waals surface area (Å²) in [6.07, 6.45) is 5.89. The molecule has 0 spiro atoms. The molecule has 0 saturated heterocycles. The smallest absolute Gasteiger partial charge is 0.255 e. The van der Waals surface area contributed by atoms with Gasteiger partial charge in [-0.15, -0.1) is 11.6 Å². The summed E-state index contributed by atoms with van der Waals surface area (Å²) >= 11 is 6.17. The van der Waals surface area contributed by atoms with Crippen LogP contribution < -0.4 is 10.1 Å². The van der Waals surface area contributed by atoms with E-state index in [-0.39, 0.29) is 11.3 Å². The van der Waals surface area contributed by atoms with Gasteiger partial charge in [-0.05, 0) is 31.9 Å². The van der Waals surface area contributed by atoms with E-state index in [1.807, 2.05) is 25.1 Å². The highest BCUT2D eigenvalue weighted by Gasteiger charge is 2.31. The van der Waals surface area contributed by atoms with Crippen molar-refractivity contribution < 1.29 is 9.53 Å². The summed E-state index contributed by atoms with van der Waals surface area (Å²) in [5.41, 5.74) is 0.663. The van der Waals surface area contributed by atoms with Crippen LogP contribution in [0.25, 0.3) is 0 Å². The molecular formula is C17H24ClNO2. The van der Waals surface area contributed by atoms with Gasteiger partial charge in [0.05, 0.1) is 12.2 Å². The fourth-order valence-electron chi connectivity index (χ4n) is 2.96. The second-order valence-electron chi connectivity index (χ2n) is 5.81. The van der Waals surface area contributed by atoms with Gasteiger partial charge in [-0.2, -0.15) is 0 Å². The van der Waals surface area contributed by atoms with E-state index in [1.165, 1.54) is 19.3 Å². The molecule has 2 rings (SSSR count). The third-order valence-corrected chi connectivity index (χ3v) is 4.82. The minimum absolute atomic E-state index is 0.0655. The Balaban J connectivity index is 2.01. The van der Waals surface area contributed by atoms with E-state index in [0.717, 1.165) is 12.8 Å². The molecule has 116 valence electrons. The molecule has 1 aromatic carbocycles. The molecule has 3 nitrogen and oxygen atoms in total. The van der Waals surface area contributed by atoms with Crippen molar-refractivity contribution in [1.29, 1.82) is 0 Å². The molecule has 1 saturated carbocycles. The van der Waals surface area contributed by atoms with Crippen LogP contribution in [0.2, 0.25) is 0 Å². The largest absolute Gasteiger partial charge is 0.493 e. The average Bonchev–Trinajstić information content (AvgIpc) is 2.54. The first-order valence-corrected chi connectivity index (χ1v) is 8.30. The Morgan fingerprint density at radius 1 is 1.29 bits per heavy atom. The molecule has 0 heterocycles. The molecule has 21 heavy (non-hydrogen) atoms. The van der Waals surface area contributed by atoms with Crippen molar-refractivity contribution in [3.8, 4) is 5.75 Å². The maximum atomic E-state index is 12.4. The van der Waals surface area contributed by atoms with Crippen LogP contribution in [0, 0.1) is 5.41 Å². The first-order valence-electron chi connectivity index (χ1n) is 7.77. The van der Waals surface area contributed by atoms with Gasteiger partial charge >= 0.3 is 0 Å². The Kier molecular flexibility index (Phi) is 5.92. The molecule has 1 aliphatic rings. The van der Waals surface area contributed by atoms with E-state index in [2.05, 4.69) is 5.32 Å². The highest BCUT2D eigenvalue weighted by atomic mass is 35.5. The molecule has 1 N–H and O–H groups in total. The predicted molar refractivity (Wildman–Crippen MR) is 86.2 cm³/mol. The molecule has 0 unspecified atom stereocenters. The number of para-hydroxylation sites is 1. The van der Waals surface area contributed by atoms with Crippen molar-refractivity contribution in [2.75, 3.05) is 19.0 Å². The first kappa shape index (κ1) is 16.2. The maximum absolute atomic E-state index is 12.4. The third-order valence-electron chi connectivity index (χ3n) is 4.25. The number of amides is 1. The number of halogens is 1. The van der Waals surface area contributed by atoms with E-state index in [4.69, 9.17) is 16.3 Å². The number of ether oxygens (including phenoxy) is 1. The quantitative estimate of drug-likeness (QED) is 0.806. The lowest BCUT2D eigenvalue weighted by atomic mass is 9.75. The van der Waals surface area contributed by atoms with E-state index < -0.39 is 0 Å². The van der Waals surface area contributed by atoms with Crippen LogP contribution in [0.5, 0.6) is 5.75 Å². The summed E-state index contributed by atoms with van der Waals surface area (Å²) in [6.45, 7) is 3.12. The van der Waals surface area contributed by atoms with E-state index >= 15 is 0 Å². The van der Waals surface area contributed by atoms with Crippen molar-refractivity contribution in [1.82, 2.24) is 5.32 Å². The summed E-state index contributed by atoms with van der Waals surface area (Å²) in [5, 5.41) is 3.06. The normalized spacial score (nSPS) is 17.2. The highest BCUT2D eigenvalue weighted by molar-refractivity contribution is 6.18. The number of nitrogens with one attached hydrogen (secondary N) is 1. The molecule has 4 heteroatoms. The van der Waals surface area contributed by atoms with Crippen LogP contribution in [-0.4, -0.2) is 24.9 Å². The maximum Gasteiger partial charge on any atom is 0.255 e. The Hall–Kier alpha value is -1.22. The standard InChI is InChI=1S/C17H24ClNO2/c1-2-21-15-9-5-4-8-14(15)16(20)19-13-17(12-18)10-6-3-7-11-17/h4-5,8-9H,2-3,6-7,10-13H2,1H3,(H,19,20). The molecule has 0 aliphatic heterocycles. The van der Waals surface area contributed by atoms with Gasteiger partial charge in [-0.25, -0.2) is 0 Å². The minimum atomic E-state index is -0.0749. The molecule has 1 aliphatic carbocycles. The highest BCUT2D eigenvalue weighted by Crippen LogP contribution is 2.36. The number of alkyl halides is 1. The SMILES string of the molecule is CCOc1ccccc1C(=O)NCC1(CCl)CCCCC1. The molecule has 0 aromatic heterocycles. The van der Waals surface area contributed by atoms with Gasteiger partial charge in [-0.3, -0.25) is 4.79 Å². The van der Waals surface area contributed by atoms with E-state index in [0.29, 0.717) is 30.3 Å². The van der Waals surface area contributed by atoms with Crippen molar-refractivity contribution in [2.45, 2.75) is 39.0 Å². The van der Waals surface area contributed by atoms with Crippen LogP contribution >= 0.6 is 11.6 Å². The van der Waals surface area contributed by atoms with Gasteiger partial charge in [0.25, 0.3) is 5.91 Å². The molecular weight excluding hydrogens is 286 g/mol. The van der Waals surface area contributed by atoms with Crippen LogP contribution in [0.1, 0.15) is 49.4 Å². The summed E-state index contributed by atoms with van der Waals surface area (Å²) in [6, 6.07) is 7.36. The van der Waals surface area contributed by atoms with Gasteiger partial charge in [0.2, 0.25) is 0 Å². The fourth-order valence-corrected chi connectivity index (χ4v) is 3.32. The second kappa shape index (κ2) is 7.69. The van der Waals surface area contributed by atoms with Crippen molar-refractivity contribution in [3.05, 3.63) is 29.8 Å². The lowest BCUT2D eigenvalue weighted by Gasteiger charge is -2.35. The van der Waals surface area contributed by atoms with Gasteiger partial charge in [0.1, 0.15) is 5.75 Å². The average molecular weight is 310 g/mol. The van der Waals surface area contributed by atoms with Gasteiger partial charge in [0.15, 0.2) is 0 Å². The second-order valence-corrected chi connectivity index (χ2v) is 6.07. The Bertz CT molecular complexity index is 470. The van der Waals surface area contributed by atoms with Crippen LogP contribution in [0.3, 0.4) is 0 Å². The summed E-state index contributed by atoms with van der Waals surface area (Å²) in [7, 11) is 0. The fraction of sp³-hybridized carbons (Fsp3) is 0.588. The Labute approximate surface area is 132 Å². The Morgan fingerprint density at radius 3 is 2.67 bits per heavy atom. The minimum Gasteiger partial charge on any atom is -0.493 e. The molecule has 0 radical (unpaired) electrons. The zero-order valence-electron chi connectivity index (χ0n) is 12.7. The third kappa shape index (κ3) is 4.13.